The molecule has 21 heavy (non-hydrogen) atoms. The summed E-state index contributed by atoms with van der Waals surface area (Å²) in [6.45, 7) is 5.79. The molecule has 1 amide bonds. The van der Waals surface area contributed by atoms with E-state index in [0.717, 1.165) is 37.9 Å². The molecule has 1 aliphatic heterocycles. The van der Waals surface area contributed by atoms with Gasteiger partial charge in [0.2, 0.25) is 5.91 Å². The zero-order chi connectivity index (χ0) is 15.4. The van der Waals surface area contributed by atoms with Crippen molar-refractivity contribution in [1.29, 1.82) is 0 Å². The Morgan fingerprint density at radius 2 is 1.95 bits per heavy atom. The van der Waals surface area contributed by atoms with Gasteiger partial charge < -0.3 is 4.90 Å². The summed E-state index contributed by atoms with van der Waals surface area (Å²) in [6, 6.07) is 5.54. The van der Waals surface area contributed by atoms with Crippen LogP contribution in [-0.4, -0.2) is 29.9 Å². The average Bonchev–Trinajstić information content (AvgIpc) is 3.01. The van der Waals surface area contributed by atoms with Crippen molar-refractivity contribution in [3.8, 4) is 0 Å². The smallest absolute Gasteiger partial charge is 0.239 e. The molecule has 116 valence electrons. The van der Waals surface area contributed by atoms with E-state index in [-0.39, 0.29) is 18.0 Å². The van der Waals surface area contributed by atoms with E-state index in [1.54, 1.807) is 6.07 Å². The van der Waals surface area contributed by atoms with Crippen molar-refractivity contribution in [2.45, 2.75) is 45.2 Å². The van der Waals surface area contributed by atoms with E-state index < -0.39 is 0 Å². The number of hydrogen-bond donors (Lipinski definition) is 1. The molecule has 0 aromatic heterocycles. The van der Waals surface area contributed by atoms with Crippen molar-refractivity contribution in [3.05, 3.63) is 33.8 Å². The number of nitrogens with zero attached hydrogens (tertiary/aromatic N) is 1. The Kier molecular flexibility index (Phi) is 5.91. The lowest BCUT2D eigenvalue weighted by Gasteiger charge is -2.26. The van der Waals surface area contributed by atoms with E-state index in [0.29, 0.717) is 10.0 Å². The van der Waals surface area contributed by atoms with Crippen molar-refractivity contribution in [2.24, 2.45) is 0 Å². The minimum Gasteiger partial charge on any atom is -0.341 e. The second-order valence-corrected chi connectivity index (χ2v) is 6.37. The molecular weight excluding hydrogens is 307 g/mol. The molecule has 0 spiro atoms. The average molecular weight is 329 g/mol. The maximum Gasteiger partial charge on any atom is 0.239 e. The minimum atomic E-state index is -0.192. The summed E-state index contributed by atoms with van der Waals surface area (Å²) in [7, 11) is 0. The minimum absolute atomic E-state index is 0.0984. The molecule has 2 atom stereocenters. The van der Waals surface area contributed by atoms with Crippen LogP contribution in [0, 0.1) is 0 Å². The Morgan fingerprint density at radius 3 is 2.52 bits per heavy atom. The number of carbonyl (C=O) groups is 1. The van der Waals surface area contributed by atoms with E-state index in [1.807, 2.05) is 24.0 Å². The predicted octanol–water partition coefficient (Wildman–Crippen LogP) is 4.05. The predicted molar refractivity (Wildman–Crippen MR) is 87.9 cm³/mol. The quantitative estimate of drug-likeness (QED) is 0.884. The third-order valence-electron chi connectivity index (χ3n) is 3.99. The first-order chi connectivity index (χ1) is 10.0. The Labute approximate surface area is 136 Å². The molecule has 0 aliphatic carbocycles. The van der Waals surface area contributed by atoms with Gasteiger partial charge in [0.15, 0.2) is 0 Å². The van der Waals surface area contributed by atoms with Crippen molar-refractivity contribution in [1.82, 2.24) is 10.2 Å². The van der Waals surface area contributed by atoms with Crippen molar-refractivity contribution in [2.75, 3.05) is 13.1 Å². The third-order valence-corrected chi connectivity index (χ3v) is 4.73. The standard InChI is InChI=1S/C16H22Cl2N2O/c1-3-15(12-6-7-13(17)14(18)10-12)19-11(2)16(21)20-8-4-5-9-20/h6-7,10-11,15,19H,3-5,8-9H2,1-2H3. The molecule has 1 aliphatic rings. The Balaban J connectivity index is 2.03. The first-order valence-corrected chi connectivity index (χ1v) is 8.28. The highest BCUT2D eigenvalue weighted by molar-refractivity contribution is 6.42. The van der Waals surface area contributed by atoms with Crippen LogP contribution in [0.4, 0.5) is 0 Å². The van der Waals surface area contributed by atoms with Crippen LogP contribution in [0.2, 0.25) is 10.0 Å². The van der Waals surface area contributed by atoms with Gasteiger partial charge in [0.1, 0.15) is 0 Å². The monoisotopic (exact) mass is 328 g/mol. The van der Waals surface area contributed by atoms with Crippen LogP contribution < -0.4 is 5.32 Å². The molecule has 2 rings (SSSR count). The molecule has 1 aromatic rings. The lowest BCUT2D eigenvalue weighted by Crippen LogP contribution is -2.44. The van der Waals surface area contributed by atoms with Gasteiger partial charge in [0.05, 0.1) is 16.1 Å². The topological polar surface area (TPSA) is 32.3 Å². The first-order valence-electron chi connectivity index (χ1n) is 7.52. The van der Waals surface area contributed by atoms with Gasteiger partial charge in [-0.2, -0.15) is 0 Å². The van der Waals surface area contributed by atoms with Gasteiger partial charge in [-0.15, -0.1) is 0 Å². The van der Waals surface area contributed by atoms with E-state index in [1.165, 1.54) is 0 Å². The van der Waals surface area contributed by atoms with Crippen LogP contribution in [0.1, 0.15) is 44.7 Å². The molecule has 0 saturated carbocycles. The van der Waals surface area contributed by atoms with Gasteiger partial charge >= 0.3 is 0 Å². The summed E-state index contributed by atoms with van der Waals surface area (Å²) >= 11 is 12.0. The summed E-state index contributed by atoms with van der Waals surface area (Å²) in [5, 5.41) is 4.51. The second kappa shape index (κ2) is 7.48. The third kappa shape index (κ3) is 4.12. The molecule has 0 radical (unpaired) electrons. The fraction of sp³-hybridized carbons (Fsp3) is 0.562. The summed E-state index contributed by atoms with van der Waals surface area (Å²) < 4.78 is 0. The maximum atomic E-state index is 12.4. The zero-order valence-corrected chi connectivity index (χ0v) is 14.0. The van der Waals surface area contributed by atoms with Crippen LogP contribution in [-0.2, 0) is 4.79 Å². The zero-order valence-electron chi connectivity index (χ0n) is 12.5. The number of amides is 1. The largest absolute Gasteiger partial charge is 0.341 e. The van der Waals surface area contributed by atoms with Crippen LogP contribution in [0.5, 0.6) is 0 Å². The van der Waals surface area contributed by atoms with Crippen LogP contribution in [0.15, 0.2) is 18.2 Å². The van der Waals surface area contributed by atoms with Crippen molar-refractivity contribution >= 4 is 29.1 Å². The molecule has 1 saturated heterocycles. The number of benzene rings is 1. The van der Waals surface area contributed by atoms with E-state index in [2.05, 4.69) is 12.2 Å². The molecule has 0 bridgehead atoms. The molecule has 3 nitrogen and oxygen atoms in total. The van der Waals surface area contributed by atoms with Gasteiger partial charge in [0, 0.05) is 19.1 Å². The number of halogens is 2. The Hall–Kier alpha value is -0.770. The fourth-order valence-electron chi connectivity index (χ4n) is 2.76. The van der Waals surface area contributed by atoms with Crippen LogP contribution in [0.3, 0.4) is 0 Å². The summed E-state index contributed by atoms with van der Waals surface area (Å²) in [5.74, 6) is 0.186. The van der Waals surface area contributed by atoms with Gasteiger partial charge in [-0.3, -0.25) is 10.1 Å². The molecule has 1 fully saturated rings. The molecule has 1 heterocycles. The number of nitrogens with one attached hydrogen (secondary N) is 1. The highest BCUT2D eigenvalue weighted by Crippen LogP contribution is 2.27. The summed E-state index contributed by atoms with van der Waals surface area (Å²) in [4.78, 5) is 14.3. The highest BCUT2D eigenvalue weighted by Gasteiger charge is 2.25. The normalized spacial score (nSPS) is 17.8. The summed E-state index contributed by atoms with van der Waals surface area (Å²) in [5.41, 5.74) is 1.06. The SMILES string of the molecule is CCC(NC(C)C(=O)N1CCCC1)c1ccc(Cl)c(Cl)c1. The maximum absolute atomic E-state index is 12.4. The lowest BCUT2D eigenvalue weighted by molar-refractivity contribution is -0.132. The number of carbonyl (C=O) groups excluding carboxylic acids is 1. The van der Waals surface area contributed by atoms with Crippen LogP contribution >= 0.6 is 23.2 Å². The van der Waals surface area contributed by atoms with Crippen molar-refractivity contribution < 1.29 is 4.79 Å². The number of hydrogen-bond acceptors (Lipinski definition) is 2. The fourth-order valence-corrected chi connectivity index (χ4v) is 3.07. The number of likely N-dealkylation sites (tertiary alicyclic amines) is 1. The van der Waals surface area contributed by atoms with Gasteiger partial charge in [-0.25, -0.2) is 0 Å². The molecule has 1 aromatic carbocycles. The molecule has 1 N–H and O–H groups in total. The van der Waals surface area contributed by atoms with Gasteiger partial charge in [0.25, 0.3) is 0 Å². The number of rotatable bonds is 5. The lowest BCUT2D eigenvalue weighted by atomic mass is 10.0. The Morgan fingerprint density at radius 1 is 1.29 bits per heavy atom. The molecule has 2 unspecified atom stereocenters. The summed E-state index contributed by atoms with van der Waals surface area (Å²) in [6.07, 6.45) is 3.11. The highest BCUT2D eigenvalue weighted by atomic mass is 35.5. The molecular formula is C16H22Cl2N2O. The van der Waals surface area contributed by atoms with E-state index >= 15 is 0 Å². The van der Waals surface area contributed by atoms with E-state index in [4.69, 9.17) is 23.2 Å². The van der Waals surface area contributed by atoms with Gasteiger partial charge in [-0.1, -0.05) is 36.2 Å². The van der Waals surface area contributed by atoms with Crippen molar-refractivity contribution in [3.63, 3.8) is 0 Å². The second-order valence-electron chi connectivity index (χ2n) is 5.56. The first kappa shape index (κ1) is 16.6. The van der Waals surface area contributed by atoms with E-state index in [9.17, 15) is 4.79 Å². The van der Waals surface area contributed by atoms with Crippen LogP contribution in [0.25, 0.3) is 0 Å². The molecule has 5 heteroatoms. The Bertz CT molecular complexity index is 501. The van der Waals surface area contributed by atoms with Gasteiger partial charge in [-0.05, 0) is 43.9 Å².